The summed E-state index contributed by atoms with van der Waals surface area (Å²) in [5.74, 6) is 2.62. The van der Waals surface area contributed by atoms with Crippen LogP contribution in [-0.4, -0.2) is 39.8 Å². The first-order chi connectivity index (χ1) is 14.3. The van der Waals surface area contributed by atoms with Gasteiger partial charge in [-0.3, -0.25) is 4.79 Å². The largest absolute Gasteiger partial charge is 0.496 e. The smallest absolute Gasteiger partial charge is 0.189 e. The third kappa shape index (κ3) is 4.13. The predicted molar refractivity (Wildman–Crippen MR) is 116 cm³/mol. The number of hydrogen-bond acceptors (Lipinski definition) is 6. The minimum atomic E-state index is -0.523. The second-order valence-corrected chi connectivity index (χ2v) is 7.24. The lowest BCUT2D eigenvalue weighted by molar-refractivity contribution is 0.103. The Morgan fingerprint density at radius 2 is 1.53 bits per heavy atom. The molecule has 0 fully saturated rings. The minimum absolute atomic E-state index is 0.197. The molecule has 0 N–H and O–H groups in total. The second kappa shape index (κ2) is 8.53. The van der Waals surface area contributed by atoms with E-state index in [1.165, 1.54) is 6.08 Å². The number of carbonyl (C=O) groups excluding carboxylic acids is 1. The van der Waals surface area contributed by atoms with Crippen molar-refractivity contribution in [3.05, 3.63) is 53.1 Å². The molecule has 0 bridgehead atoms. The molecule has 158 valence electrons. The summed E-state index contributed by atoms with van der Waals surface area (Å²) >= 11 is 0. The molecule has 30 heavy (non-hydrogen) atoms. The number of carbonyl (C=O) groups is 1. The molecule has 1 heterocycles. The van der Waals surface area contributed by atoms with Gasteiger partial charge in [0.1, 0.15) is 22.8 Å². The van der Waals surface area contributed by atoms with Gasteiger partial charge >= 0.3 is 0 Å². The van der Waals surface area contributed by atoms with E-state index in [4.69, 9.17) is 23.7 Å². The molecule has 0 atom stereocenters. The normalized spacial score (nSPS) is 14.1. The molecule has 1 aliphatic heterocycles. The van der Waals surface area contributed by atoms with E-state index >= 15 is 0 Å². The van der Waals surface area contributed by atoms with Crippen LogP contribution in [0.2, 0.25) is 0 Å². The predicted octanol–water partition coefficient (Wildman–Crippen LogP) is 4.80. The molecule has 0 aromatic heterocycles. The molecule has 3 rings (SSSR count). The van der Waals surface area contributed by atoms with Crippen molar-refractivity contribution in [3.63, 3.8) is 0 Å². The van der Waals surface area contributed by atoms with E-state index in [1.807, 2.05) is 26.0 Å². The summed E-state index contributed by atoms with van der Waals surface area (Å²) < 4.78 is 27.6. The Bertz CT molecular complexity index is 1020. The lowest BCUT2D eigenvalue weighted by Crippen LogP contribution is -2.28. The van der Waals surface area contributed by atoms with Gasteiger partial charge < -0.3 is 23.7 Å². The number of allylic oxidation sites excluding steroid dienone is 1. The molecule has 6 nitrogen and oxygen atoms in total. The summed E-state index contributed by atoms with van der Waals surface area (Å²) in [5, 5.41) is 0. The maximum atomic E-state index is 13.0. The van der Waals surface area contributed by atoms with Crippen LogP contribution < -0.4 is 23.7 Å². The van der Waals surface area contributed by atoms with Crippen molar-refractivity contribution in [1.29, 1.82) is 0 Å². The molecule has 0 aliphatic carbocycles. The molecule has 0 saturated heterocycles. The minimum Gasteiger partial charge on any atom is -0.496 e. The summed E-state index contributed by atoms with van der Waals surface area (Å²) in [5.41, 5.74) is 1.37. The highest BCUT2D eigenvalue weighted by atomic mass is 16.5. The maximum absolute atomic E-state index is 13.0. The van der Waals surface area contributed by atoms with Gasteiger partial charge in [0.2, 0.25) is 0 Å². The van der Waals surface area contributed by atoms with E-state index < -0.39 is 5.60 Å². The number of hydrogen-bond donors (Lipinski definition) is 0. The Kier molecular flexibility index (Phi) is 6.06. The zero-order valence-corrected chi connectivity index (χ0v) is 18.1. The van der Waals surface area contributed by atoms with Crippen molar-refractivity contribution in [1.82, 2.24) is 0 Å². The first kappa shape index (κ1) is 21.3. The van der Waals surface area contributed by atoms with Crippen LogP contribution in [0.1, 0.15) is 35.3 Å². The van der Waals surface area contributed by atoms with Crippen molar-refractivity contribution < 1.29 is 28.5 Å². The van der Waals surface area contributed by atoms with Crippen LogP contribution in [0.4, 0.5) is 0 Å². The van der Waals surface area contributed by atoms with Crippen LogP contribution >= 0.6 is 0 Å². The highest BCUT2D eigenvalue weighted by Crippen LogP contribution is 2.40. The second-order valence-electron chi connectivity index (χ2n) is 7.24. The Labute approximate surface area is 176 Å². The van der Waals surface area contributed by atoms with Crippen molar-refractivity contribution in [2.24, 2.45) is 0 Å². The van der Waals surface area contributed by atoms with Gasteiger partial charge in [-0.1, -0.05) is 0 Å². The van der Waals surface area contributed by atoms with Crippen LogP contribution in [0, 0.1) is 0 Å². The van der Waals surface area contributed by atoms with Crippen molar-refractivity contribution in [3.8, 4) is 28.7 Å². The van der Waals surface area contributed by atoms with E-state index in [2.05, 4.69) is 0 Å². The fraction of sp³-hybridized carbons (Fsp3) is 0.292. The lowest BCUT2D eigenvalue weighted by atomic mass is 9.97. The van der Waals surface area contributed by atoms with Crippen LogP contribution in [0.5, 0.6) is 28.7 Å². The van der Waals surface area contributed by atoms with E-state index in [9.17, 15) is 4.79 Å². The first-order valence-electron chi connectivity index (χ1n) is 9.45. The van der Waals surface area contributed by atoms with Gasteiger partial charge in [0, 0.05) is 11.6 Å². The third-order valence-corrected chi connectivity index (χ3v) is 4.81. The fourth-order valence-electron chi connectivity index (χ4n) is 3.24. The average Bonchev–Trinajstić information content (AvgIpc) is 2.75. The van der Waals surface area contributed by atoms with E-state index in [-0.39, 0.29) is 5.78 Å². The van der Waals surface area contributed by atoms with Crippen LogP contribution in [0.15, 0.2) is 36.4 Å². The van der Waals surface area contributed by atoms with Crippen LogP contribution in [0.25, 0.3) is 12.2 Å². The highest BCUT2D eigenvalue weighted by Gasteiger charge is 2.27. The van der Waals surface area contributed by atoms with Gasteiger partial charge in [0.25, 0.3) is 0 Å². The standard InChI is InChI=1S/C24H26O6/c1-24(2)12-11-17-19(26-3)10-8-16(23(17)30-24)18(25)9-7-15-13-21(28-5)22(29-6)14-20(15)27-4/h7-14H,1-6H3/b9-7+. The lowest BCUT2D eigenvalue weighted by Gasteiger charge is -2.29. The molecular weight excluding hydrogens is 384 g/mol. The van der Waals surface area contributed by atoms with Gasteiger partial charge in [-0.05, 0) is 56.4 Å². The van der Waals surface area contributed by atoms with Gasteiger partial charge in [-0.2, -0.15) is 0 Å². The Balaban J connectivity index is 2.00. The molecule has 0 spiro atoms. The zero-order valence-electron chi connectivity index (χ0n) is 18.1. The number of fused-ring (bicyclic) bond motifs is 1. The SMILES string of the molecule is COc1cc(OC)c(OC)cc1/C=C/C(=O)c1ccc(OC)c2c1OC(C)(C)C=C2. The molecule has 0 amide bonds. The number of benzene rings is 2. The summed E-state index contributed by atoms with van der Waals surface area (Å²) in [4.78, 5) is 13.0. The van der Waals surface area contributed by atoms with Gasteiger partial charge in [0.15, 0.2) is 17.3 Å². The molecule has 0 radical (unpaired) electrons. The molecule has 2 aromatic carbocycles. The summed E-state index contributed by atoms with van der Waals surface area (Å²) in [7, 11) is 6.26. The molecule has 6 heteroatoms. The number of rotatable bonds is 7. The maximum Gasteiger partial charge on any atom is 0.189 e. The van der Waals surface area contributed by atoms with E-state index in [1.54, 1.807) is 58.8 Å². The molecule has 0 saturated carbocycles. The topological polar surface area (TPSA) is 63.2 Å². The molecule has 0 unspecified atom stereocenters. The van der Waals surface area contributed by atoms with Gasteiger partial charge in [-0.15, -0.1) is 0 Å². The van der Waals surface area contributed by atoms with Crippen molar-refractivity contribution >= 4 is 17.9 Å². The fourth-order valence-corrected chi connectivity index (χ4v) is 3.24. The zero-order chi connectivity index (χ0) is 21.9. The summed E-state index contributed by atoms with van der Waals surface area (Å²) in [6.45, 7) is 3.87. The summed E-state index contributed by atoms with van der Waals surface area (Å²) in [6, 6.07) is 6.95. The van der Waals surface area contributed by atoms with Gasteiger partial charge in [0.05, 0.1) is 39.6 Å². The van der Waals surface area contributed by atoms with Crippen LogP contribution in [-0.2, 0) is 0 Å². The van der Waals surface area contributed by atoms with Gasteiger partial charge in [-0.25, -0.2) is 0 Å². The first-order valence-corrected chi connectivity index (χ1v) is 9.45. The molecule has 1 aliphatic rings. The van der Waals surface area contributed by atoms with E-state index in [0.29, 0.717) is 39.9 Å². The Morgan fingerprint density at radius 1 is 0.900 bits per heavy atom. The van der Waals surface area contributed by atoms with Crippen LogP contribution in [0.3, 0.4) is 0 Å². The number of methoxy groups -OCH3 is 4. The summed E-state index contributed by atoms with van der Waals surface area (Å²) in [6.07, 6.45) is 7.04. The monoisotopic (exact) mass is 410 g/mol. The Morgan fingerprint density at radius 3 is 2.17 bits per heavy atom. The number of ether oxygens (including phenoxy) is 5. The van der Waals surface area contributed by atoms with Crippen molar-refractivity contribution in [2.75, 3.05) is 28.4 Å². The van der Waals surface area contributed by atoms with Crippen molar-refractivity contribution in [2.45, 2.75) is 19.4 Å². The number of ketones is 1. The molecular formula is C24H26O6. The Hall–Kier alpha value is -3.41. The van der Waals surface area contributed by atoms with E-state index in [0.717, 1.165) is 5.56 Å². The molecule has 2 aromatic rings. The highest BCUT2D eigenvalue weighted by molar-refractivity contribution is 6.09. The average molecular weight is 410 g/mol. The quantitative estimate of drug-likeness (QED) is 0.483. The third-order valence-electron chi connectivity index (χ3n) is 4.81.